The van der Waals surface area contributed by atoms with E-state index in [0.29, 0.717) is 47.7 Å². The Balaban J connectivity index is 1.03. The summed E-state index contributed by atoms with van der Waals surface area (Å²) in [5.74, 6) is 2.58. The molecule has 8 bridgehead atoms. The van der Waals surface area contributed by atoms with Crippen molar-refractivity contribution in [3.05, 3.63) is 116 Å². The number of aryl methyl sites for hydroxylation is 1. The molecule has 5 aliphatic heterocycles. The van der Waals surface area contributed by atoms with E-state index in [4.69, 9.17) is 28.7 Å². The predicted octanol–water partition coefficient (Wildman–Crippen LogP) is 6.45. The molecule has 2 saturated carbocycles. The van der Waals surface area contributed by atoms with Gasteiger partial charge in [0.15, 0.2) is 23.2 Å². The molecule has 0 spiro atoms. The maximum absolute atomic E-state index is 15.4. The number of aliphatic hydroxyl groups is 3. The summed E-state index contributed by atoms with van der Waals surface area (Å²) >= 11 is 0. The molecule has 72 heavy (non-hydrogen) atoms. The van der Waals surface area contributed by atoms with Gasteiger partial charge in [-0.1, -0.05) is 49.8 Å². The number of ketones is 1. The number of phenolic OH excluding ortho intramolecular Hbond substituents is 1. The molecule has 10 aliphatic rings. The Kier molecular flexibility index (Phi) is 11.3. The highest BCUT2D eigenvalue weighted by Crippen LogP contribution is 2.60. The van der Waals surface area contributed by atoms with Gasteiger partial charge in [0.2, 0.25) is 6.29 Å². The Labute approximate surface area is 417 Å². The number of nitrogens with zero attached hydrogens (tertiary/aromatic N) is 2. The molecule has 3 aromatic carbocycles. The molecule has 5 aliphatic carbocycles. The van der Waals surface area contributed by atoms with Crippen LogP contribution in [0.2, 0.25) is 0 Å². The van der Waals surface area contributed by atoms with Crippen molar-refractivity contribution in [1.82, 2.24) is 10.2 Å². The fourth-order valence-corrected chi connectivity index (χ4v) is 13.5. The lowest BCUT2D eigenvalue weighted by Crippen LogP contribution is -2.70. The van der Waals surface area contributed by atoms with Gasteiger partial charge >= 0.3 is 0 Å². The van der Waals surface area contributed by atoms with Crippen molar-refractivity contribution in [2.75, 3.05) is 33.4 Å². The summed E-state index contributed by atoms with van der Waals surface area (Å²) in [6.45, 7) is -0.647. The van der Waals surface area contributed by atoms with Gasteiger partial charge in [-0.3, -0.25) is 9.59 Å². The molecule has 5 N–H and O–H groups in total. The SMILES string of the molecule is COc1c2c3c4c(O)c(c5c6c4c1CCC6=CC1CCCC51)C(=O)CN1Cc4c(cccc4C1=O)CC#COC1C(O)C(COC(C4=C5[CH+]C(CNC6CCCCC6)=CC=C5N=C4)C=C2)OC(O3)C1(O)CO. The van der Waals surface area contributed by atoms with Gasteiger partial charge in [0, 0.05) is 66.2 Å². The molecule has 8 atom stereocenters. The Morgan fingerprint density at radius 3 is 2.75 bits per heavy atom. The minimum atomic E-state index is -2.46. The van der Waals surface area contributed by atoms with Crippen molar-refractivity contribution >= 4 is 40.3 Å². The highest BCUT2D eigenvalue weighted by molar-refractivity contribution is 6.17. The van der Waals surface area contributed by atoms with Gasteiger partial charge in [-0.15, -0.1) is 0 Å². The van der Waals surface area contributed by atoms with Crippen LogP contribution < -0.4 is 14.8 Å². The first-order chi connectivity index (χ1) is 35.1. The highest BCUT2D eigenvalue weighted by Gasteiger charge is 2.59. The van der Waals surface area contributed by atoms with Crippen molar-refractivity contribution in [3.63, 3.8) is 0 Å². The molecule has 8 unspecified atom stereocenters. The van der Waals surface area contributed by atoms with Crippen LogP contribution in [0, 0.1) is 24.4 Å². The normalized spacial score (nSPS) is 30.1. The molecule has 0 aromatic heterocycles. The number of amides is 1. The Morgan fingerprint density at radius 1 is 1.03 bits per heavy atom. The summed E-state index contributed by atoms with van der Waals surface area (Å²) in [5, 5.41) is 54.1. The zero-order chi connectivity index (χ0) is 49.0. The van der Waals surface area contributed by atoms with Crippen molar-refractivity contribution in [1.29, 1.82) is 0 Å². The third kappa shape index (κ3) is 7.14. The van der Waals surface area contributed by atoms with Crippen LogP contribution in [0.5, 0.6) is 17.2 Å². The maximum atomic E-state index is 15.4. The van der Waals surface area contributed by atoms with Gasteiger partial charge in [-0.2, -0.15) is 4.99 Å². The van der Waals surface area contributed by atoms with E-state index < -0.39 is 48.7 Å². The number of aliphatic hydroxyl groups excluding tert-OH is 2. The van der Waals surface area contributed by atoms with Crippen LogP contribution >= 0.6 is 0 Å². The number of hydrogen-bond donors (Lipinski definition) is 5. The van der Waals surface area contributed by atoms with E-state index >= 15 is 4.79 Å². The second kappa shape index (κ2) is 17.8. The number of aromatic hydroxyl groups is 1. The summed E-state index contributed by atoms with van der Waals surface area (Å²) in [4.78, 5) is 35.9. The number of methoxy groups -OCH3 is 1. The van der Waals surface area contributed by atoms with E-state index in [1.54, 1.807) is 25.5 Å². The van der Waals surface area contributed by atoms with Crippen molar-refractivity contribution in [3.8, 4) is 29.3 Å². The number of phenols is 1. The average molecular weight is 973 g/mol. The number of carbonyl (C=O) groups excluding carboxylic acids is 2. The smallest absolute Gasteiger partial charge is 0.254 e. The number of fused-ring (bicyclic) bond motifs is 8. The number of ether oxygens (including phenoxy) is 5. The Hall–Kier alpha value is -6.18. The number of rotatable bonds is 6. The molecule has 13 rings (SSSR count). The Morgan fingerprint density at radius 2 is 1.90 bits per heavy atom. The van der Waals surface area contributed by atoms with Crippen LogP contribution in [0.15, 0.2) is 69.9 Å². The lowest BCUT2D eigenvalue weighted by atomic mass is 9.69. The summed E-state index contributed by atoms with van der Waals surface area (Å²) in [5.41, 5.74) is 7.04. The zero-order valence-corrected chi connectivity index (χ0v) is 40.2. The fourth-order valence-electron chi connectivity index (χ4n) is 13.5. The van der Waals surface area contributed by atoms with E-state index in [-0.39, 0.29) is 66.3 Å². The zero-order valence-electron chi connectivity index (χ0n) is 40.2. The van der Waals surface area contributed by atoms with Crippen LogP contribution in [0.25, 0.3) is 22.4 Å². The van der Waals surface area contributed by atoms with E-state index in [1.165, 1.54) is 24.2 Å². The molecule has 3 fully saturated rings. The van der Waals surface area contributed by atoms with E-state index in [2.05, 4.69) is 35.9 Å². The second-order valence-electron chi connectivity index (χ2n) is 21.1. The summed E-state index contributed by atoms with van der Waals surface area (Å²) in [6.07, 6.45) is 19.9. The fraction of sp³-hybridized carbons (Fsp3) is 0.448. The molecular formula is C58H58N3O11+. The quantitative estimate of drug-likeness (QED) is 0.134. The minimum absolute atomic E-state index is 0.0143. The predicted molar refractivity (Wildman–Crippen MR) is 267 cm³/mol. The number of allylic oxidation sites excluding steroid dienone is 5. The van der Waals surface area contributed by atoms with Crippen LogP contribution in [0.4, 0.5) is 0 Å². The molecule has 370 valence electrons. The minimum Gasteiger partial charge on any atom is -0.506 e. The monoisotopic (exact) mass is 972 g/mol. The Bertz CT molecular complexity index is 3110. The highest BCUT2D eigenvalue weighted by atomic mass is 16.7. The van der Waals surface area contributed by atoms with Crippen LogP contribution in [-0.4, -0.2) is 119 Å². The molecule has 14 nitrogen and oxygen atoms in total. The molecular weight excluding hydrogens is 915 g/mol. The van der Waals surface area contributed by atoms with E-state index in [1.807, 2.05) is 24.3 Å². The number of Topliss-reactive ketones (excluding diaryl/α,β-unsaturated/α-hetero) is 1. The van der Waals surface area contributed by atoms with E-state index in [9.17, 15) is 25.2 Å². The van der Waals surface area contributed by atoms with Gasteiger partial charge < -0.3 is 54.3 Å². The van der Waals surface area contributed by atoms with Crippen LogP contribution in [0.3, 0.4) is 0 Å². The van der Waals surface area contributed by atoms with Gasteiger partial charge in [0.05, 0.1) is 55.2 Å². The molecule has 1 saturated heterocycles. The first kappa shape index (κ1) is 45.7. The van der Waals surface area contributed by atoms with Crippen LogP contribution in [-0.2, 0) is 33.6 Å². The molecule has 3 aromatic rings. The maximum Gasteiger partial charge on any atom is 0.254 e. The molecule has 5 heterocycles. The number of aliphatic imine (C=N–C) groups is 1. The first-order valence-corrected chi connectivity index (χ1v) is 25.8. The number of nitrogens with one attached hydrogen (secondary N) is 1. The van der Waals surface area contributed by atoms with Crippen molar-refractivity contribution < 1.29 is 53.7 Å². The van der Waals surface area contributed by atoms with Gasteiger partial charge in [0.25, 0.3) is 5.91 Å². The van der Waals surface area contributed by atoms with Crippen molar-refractivity contribution in [2.24, 2.45) is 10.9 Å². The summed E-state index contributed by atoms with van der Waals surface area (Å²) in [6, 6.07) is 5.86. The number of hydrogen-bond acceptors (Lipinski definition) is 13. The van der Waals surface area contributed by atoms with Crippen LogP contribution in [0.1, 0.15) is 118 Å². The van der Waals surface area contributed by atoms with Gasteiger partial charge in [-0.05, 0) is 96.4 Å². The lowest BCUT2D eigenvalue weighted by Gasteiger charge is -2.47. The van der Waals surface area contributed by atoms with Gasteiger partial charge in [0.1, 0.15) is 47.2 Å². The van der Waals surface area contributed by atoms with Crippen molar-refractivity contribution in [2.45, 2.75) is 125 Å². The third-order valence-corrected chi connectivity index (χ3v) is 17.1. The average Bonchev–Trinajstić information content (AvgIpc) is 4.13. The van der Waals surface area contributed by atoms with Gasteiger partial charge in [-0.25, -0.2) is 0 Å². The largest absolute Gasteiger partial charge is 0.506 e. The topological polar surface area (TPSA) is 189 Å². The first-order valence-electron chi connectivity index (χ1n) is 25.8. The second-order valence-corrected chi connectivity index (χ2v) is 21.1. The summed E-state index contributed by atoms with van der Waals surface area (Å²) < 4.78 is 32.9. The third-order valence-electron chi connectivity index (χ3n) is 17.1. The number of carbonyl (C=O) groups is 2. The molecule has 0 radical (unpaired) electrons. The van der Waals surface area contributed by atoms with E-state index in [0.717, 1.165) is 87.9 Å². The standard InChI is InChI=1S/C58H57N3O11/c1-68-53-37-17-16-33-23-32-9-6-13-35(32)47-46(33)48(37)50-52(65)49(47)43(63)27-61-26-41-31(8-5-14-36(41)56(61)66)10-7-21-69-55-51(64)45-28-70-44(20-18-38(53)54(50)72-57(71-45)58(55,67)29-62)40-25-60-42-19-15-30(22-39(40)42)24-59-34-11-3-2-4-12-34/h5,8,14-15,18-20,22-23,25,32,34-35,44-45,51,55,57,59,62,64,67H,2-4,6,9-13,16-17,24,26-29H2,1H3/p+1. The molecule has 14 heteroatoms. The number of benzene rings is 3. The molecule has 1 amide bonds. The summed E-state index contributed by atoms with van der Waals surface area (Å²) in [7, 11) is 1.58. The lowest BCUT2D eigenvalue weighted by molar-refractivity contribution is -0.327.